The first-order valence-corrected chi connectivity index (χ1v) is 7.41. The standard InChI is InChI=1S/C17H26O4/c1-11-7-9-16(21-13(3)18)12(2)6-8-14(10-15(11)19)17(4,5)20/h14,20H,1,6-10H2,2-5H3. The van der Waals surface area contributed by atoms with Crippen molar-refractivity contribution in [2.45, 2.75) is 65.4 Å². The van der Waals surface area contributed by atoms with Crippen molar-refractivity contribution in [1.29, 1.82) is 0 Å². The van der Waals surface area contributed by atoms with Crippen molar-refractivity contribution < 1.29 is 19.4 Å². The summed E-state index contributed by atoms with van der Waals surface area (Å²) in [7, 11) is 0. The maximum atomic E-state index is 12.2. The van der Waals surface area contributed by atoms with Crippen LogP contribution in [0.2, 0.25) is 0 Å². The van der Waals surface area contributed by atoms with Gasteiger partial charge in [-0.1, -0.05) is 6.58 Å². The van der Waals surface area contributed by atoms with Crippen LogP contribution in [0.25, 0.3) is 0 Å². The van der Waals surface area contributed by atoms with Crippen LogP contribution in [0.4, 0.5) is 0 Å². The average molecular weight is 294 g/mol. The van der Waals surface area contributed by atoms with E-state index in [2.05, 4.69) is 6.58 Å². The predicted octanol–water partition coefficient (Wildman–Crippen LogP) is 3.30. The molecule has 1 rings (SSSR count). The molecule has 4 nitrogen and oxygen atoms in total. The second kappa shape index (κ2) is 7.03. The lowest BCUT2D eigenvalue weighted by Crippen LogP contribution is -2.33. The van der Waals surface area contributed by atoms with E-state index in [-0.39, 0.29) is 17.7 Å². The molecule has 0 saturated heterocycles. The Morgan fingerprint density at radius 1 is 1.33 bits per heavy atom. The number of ketones is 1. The van der Waals surface area contributed by atoms with Crippen molar-refractivity contribution in [3.8, 4) is 0 Å². The lowest BCUT2D eigenvalue weighted by atomic mass is 9.80. The van der Waals surface area contributed by atoms with Crippen molar-refractivity contribution in [1.82, 2.24) is 0 Å². The van der Waals surface area contributed by atoms with Crippen LogP contribution in [0.3, 0.4) is 0 Å². The molecule has 4 heteroatoms. The van der Waals surface area contributed by atoms with Crippen LogP contribution in [-0.4, -0.2) is 22.5 Å². The highest BCUT2D eigenvalue weighted by Crippen LogP contribution is 2.31. The van der Waals surface area contributed by atoms with E-state index in [0.29, 0.717) is 43.4 Å². The van der Waals surface area contributed by atoms with E-state index in [4.69, 9.17) is 4.74 Å². The van der Waals surface area contributed by atoms with Crippen molar-refractivity contribution in [2.24, 2.45) is 5.92 Å². The molecule has 0 aromatic heterocycles. The number of ether oxygens (including phenoxy) is 1. The van der Waals surface area contributed by atoms with Gasteiger partial charge in [-0.2, -0.15) is 0 Å². The number of hydrogen-bond donors (Lipinski definition) is 1. The summed E-state index contributed by atoms with van der Waals surface area (Å²) in [4.78, 5) is 23.4. The Kier molecular flexibility index (Phi) is 5.90. The van der Waals surface area contributed by atoms with Crippen LogP contribution < -0.4 is 0 Å². The molecule has 0 amide bonds. The second-order valence-corrected chi connectivity index (χ2v) is 6.42. The van der Waals surface area contributed by atoms with Gasteiger partial charge in [0.25, 0.3) is 0 Å². The zero-order valence-electron chi connectivity index (χ0n) is 13.5. The van der Waals surface area contributed by atoms with Crippen LogP contribution in [0.1, 0.15) is 59.8 Å². The Balaban J connectivity index is 3.03. The molecule has 0 radical (unpaired) electrons. The molecule has 1 aliphatic rings. The number of Topliss-reactive ketones (excluding diaryl/α,β-unsaturated/α-hetero) is 1. The van der Waals surface area contributed by atoms with Crippen LogP contribution in [0, 0.1) is 5.92 Å². The monoisotopic (exact) mass is 294 g/mol. The molecular formula is C17H26O4. The lowest BCUT2D eigenvalue weighted by molar-refractivity contribution is -0.137. The van der Waals surface area contributed by atoms with E-state index in [0.717, 1.165) is 5.57 Å². The first-order chi connectivity index (χ1) is 9.61. The smallest absolute Gasteiger partial charge is 0.307 e. The van der Waals surface area contributed by atoms with Crippen molar-refractivity contribution in [2.75, 3.05) is 0 Å². The normalized spacial score (nSPS) is 22.2. The summed E-state index contributed by atoms with van der Waals surface area (Å²) in [6.07, 6.45) is 2.70. The Hall–Kier alpha value is -1.42. The van der Waals surface area contributed by atoms with E-state index in [1.54, 1.807) is 13.8 Å². The van der Waals surface area contributed by atoms with Gasteiger partial charge >= 0.3 is 5.97 Å². The summed E-state index contributed by atoms with van der Waals surface area (Å²) >= 11 is 0. The van der Waals surface area contributed by atoms with Crippen LogP contribution in [-0.2, 0) is 14.3 Å². The van der Waals surface area contributed by atoms with Gasteiger partial charge in [0.15, 0.2) is 5.78 Å². The number of allylic oxidation sites excluding steroid dienone is 3. The van der Waals surface area contributed by atoms with Crippen molar-refractivity contribution >= 4 is 11.8 Å². The molecule has 118 valence electrons. The number of hydrogen-bond acceptors (Lipinski definition) is 4. The topological polar surface area (TPSA) is 63.6 Å². The van der Waals surface area contributed by atoms with Crippen LogP contribution >= 0.6 is 0 Å². The summed E-state index contributed by atoms with van der Waals surface area (Å²) in [6.45, 7) is 10.6. The van der Waals surface area contributed by atoms with Gasteiger partial charge in [-0.25, -0.2) is 0 Å². The molecule has 0 spiro atoms. The van der Waals surface area contributed by atoms with Crippen LogP contribution in [0.5, 0.6) is 0 Å². The molecular weight excluding hydrogens is 268 g/mol. The minimum Gasteiger partial charge on any atom is -0.431 e. The van der Waals surface area contributed by atoms with E-state index in [1.807, 2.05) is 6.92 Å². The van der Waals surface area contributed by atoms with Crippen molar-refractivity contribution in [3.05, 3.63) is 23.5 Å². The fourth-order valence-electron chi connectivity index (χ4n) is 2.53. The number of aliphatic hydroxyl groups is 1. The molecule has 0 aromatic rings. The van der Waals surface area contributed by atoms with E-state index in [9.17, 15) is 14.7 Å². The SMILES string of the molecule is C=C1CCC(OC(C)=O)=C(C)CCC(C(C)(C)O)CC1=O. The maximum Gasteiger partial charge on any atom is 0.307 e. The molecule has 0 aliphatic heterocycles. The van der Waals surface area contributed by atoms with Gasteiger partial charge in [-0.3, -0.25) is 9.59 Å². The zero-order chi connectivity index (χ0) is 16.2. The zero-order valence-corrected chi connectivity index (χ0v) is 13.5. The van der Waals surface area contributed by atoms with Gasteiger partial charge in [0.05, 0.1) is 5.60 Å². The highest BCUT2D eigenvalue weighted by atomic mass is 16.5. The molecule has 21 heavy (non-hydrogen) atoms. The summed E-state index contributed by atoms with van der Waals surface area (Å²) in [6, 6.07) is 0. The molecule has 1 atom stereocenters. The average Bonchev–Trinajstić information content (AvgIpc) is 2.35. The van der Waals surface area contributed by atoms with Gasteiger partial charge in [0.2, 0.25) is 0 Å². The van der Waals surface area contributed by atoms with Gasteiger partial charge in [-0.05, 0) is 57.1 Å². The summed E-state index contributed by atoms with van der Waals surface area (Å²) in [5.74, 6) is 0.141. The van der Waals surface area contributed by atoms with Gasteiger partial charge in [0, 0.05) is 19.8 Å². The van der Waals surface area contributed by atoms with E-state index in [1.165, 1.54) is 6.92 Å². The first kappa shape index (κ1) is 17.6. The second-order valence-electron chi connectivity index (χ2n) is 6.42. The highest BCUT2D eigenvalue weighted by molar-refractivity contribution is 5.94. The molecule has 1 unspecified atom stereocenters. The van der Waals surface area contributed by atoms with Gasteiger partial charge in [-0.15, -0.1) is 0 Å². The predicted molar refractivity (Wildman–Crippen MR) is 81.5 cm³/mol. The van der Waals surface area contributed by atoms with Crippen LogP contribution in [0.15, 0.2) is 23.5 Å². The minimum atomic E-state index is -0.920. The number of carbonyl (C=O) groups excluding carboxylic acids is 2. The number of esters is 1. The molecule has 0 fully saturated rings. The van der Waals surface area contributed by atoms with E-state index < -0.39 is 5.60 Å². The summed E-state index contributed by atoms with van der Waals surface area (Å²) in [5.41, 5.74) is 0.613. The van der Waals surface area contributed by atoms with Gasteiger partial charge in [0.1, 0.15) is 5.76 Å². The third-order valence-corrected chi connectivity index (χ3v) is 4.09. The summed E-state index contributed by atoms with van der Waals surface area (Å²) < 4.78 is 5.27. The van der Waals surface area contributed by atoms with Crippen molar-refractivity contribution in [3.63, 3.8) is 0 Å². The Morgan fingerprint density at radius 3 is 2.48 bits per heavy atom. The Morgan fingerprint density at radius 2 is 1.95 bits per heavy atom. The molecule has 1 N–H and O–H groups in total. The highest BCUT2D eigenvalue weighted by Gasteiger charge is 2.30. The minimum absolute atomic E-state index is 0.0103. The first-order valence-electron chi connectivity index (χ1n) is 7.41. The number of rotatable bonds is 2. The Labute approximate surface area is 126 Å². The molecule has 1 aliphatic carbocycles. The lowest BCUT2D eigenvalue weighted by Gasteiger charge is -2.30. The fraction of sp³-hybridized carbons (Fsp3) is 0.647. The van der Waals surface area contributed by atoms with E-state index >= 15 is 0 Å². The molecule has 0 saturated carbocycles. The molecule has 0 aromatic carbocycles. The maximum absolute atomic E-state index is 12.2. The largest absolute Gasteiger partial charge is 0.431 e. The molecule has 0 bridgehead atoms. The quantitative estimate of drug-likeness (QED) is 0.627. The fourth-order valence-corrected chi connectivity index (χ4v) is 2.53. The Bertz CT molecular complexity index is 466. The third kappa shape index (κ3) is 5.46. The van der Waals surface area contributed by atoms with Gasteiger partial charge < -0.3 is 9.84 Å². The number of carbonyl (C=O) groups is 2. The summed E-state index contributed by atoms with van der Waals surface area (Å²) in [5, 5.41) is 10.2. The third-order valence-electron chi connectivity index (χ3n) is 4.09. The molecule has 0 heterocycles.